The molecule has 40 heavy (non-hydrogen) atoms. The number of primary amides is 1. The van der Waals surface area contributed by atoms with Gasteiger partial charge in [0, 0.05) is 51.2 Å². The number of benzene rings is 1. The molecule has 2 N–H and O–H groups in total. The number of pyridine rings is 1. The number of hydrogen-bond donors (Lipinski definition) is 1. The molecule has 1 aromatic carbocycles. The zero-order valence-electron chi connectivity index (χ0n) is 24.1. The Morgan fingerprint density at radius 3 is 2.60 bits per heavy atom. The van der Waals surface area contributed by atoms with Crippen molar-refractivity contribution in [3.8, 4) is 11.4 Å². The van der Waals surface area contributed by atoms with Crippen LogP contribution in [0.5, 0.6) is 0 Å². The number of likely N-dealkylation sites (tertiary alicyclic amines) is 2. The van der Waals surface area contributed by atoms with Gasteiger partial charge in [0.1, 0.15) is 5.82 Å². The molecule has 0 saturated carbocycles. The van der Waals surface area contributed by atoms with Crippen LogP contribution >= 0.6 is 0 Å². The lowest BCUT2D eigenvalue weighted by Crippen LogP contribution is -2.34. The molecule has 9 heteroatoms. The molecule has 9 nitrogen and oxygen atoms in total. The van der Waals surface area contributed by atoms with E-state index in [0.717, 1.165) is 67.6 Å². The first-order valence-corrected chi connectivity index (χ1v) is 14.2. The number of rotatable bonds is 7. The van der Waals surface area contributed by atoms with Crippen molar-refractivity contribution in [2.75, 3.05) is 33.3 Å². The van der Waals surface area contributed by atoms with Gasteiger partial charge in [-0.15, -0.1) is 0 Å². The van der Waals surface area contributed by atoms with Crippen molar-refractivity contribution >= 4 is 22.8 Å². The number of carbonyl (C=O) groups excluding carboxylic acids is 2. The number of nitrogens with two attached hydrogens (primary N) is 1. The van der Waals surface area contributed by atoms with Crippen LogP contribution in [0.15, 0.2) is 30.9 Å². The first kappa shape index (κ1) is 28.0. The van der Waals surface area contributed by atoms with Gasteiger partial charge in [0.25, 0.3) is 0 Å². The minimum Gasteiger partial charge on any atom is -0.380 e. The van der Waals surface area contributed by atoms with Crippen LogP contribution in [0.1, 0.15) is 64.6 Å². The Bertz CT molecular complexity index is 1460. The van der Waals surface area contributed by atoms with Gasteiger partial charge in [-0.25, -0.2) is 4.98 Å². The van der Waals surface area contributed by atoms with Crippen molar-refractivity contribution in [1.29, 1.82) is 0 Å². The minimum atomic E-state index is -0.509. The van der Waals surface area contributed by atoms with Crippen LogP contribution in [0, 0.1) is 20.8 Å². The van der Waals surface area contributed by atoms with Crippen molar-refractivity contribution in [2.24, 2.45) is 5.73 Å². The van der Waals surface area contributed by atoms with Gasteiger partial charge in [-0.05, 0) is 75.8 Å². The van der Waals surface area contributed by atoms with Crippen molar-refractivity contribution in [3.05, 3.63) is 58.9 Å². The largest absolute Gasteiger partial charge is 0.380 e. The Morgan fingerprint density at radius 2 is 1.90 bits per heavy atom. The van der Waals surface area contributed by atoms with Crippen LogP contribution in [-0.4, -0.2) is 75.5 Å². The van der Waals surface area contributed by atoms with Crippen molar-refractivity contribution < 1.29 is 14.3 Å². The molecular weight excluding hydrogens is 504 g/mol. The van der Waals surface area contributed by atoms with E-state index in [4.69, 9.17) is 20.4 Å². The number of aryl methyl sites for hydroxylation is 3. The fourth-order valence-electron chi connectivity index (χ4n) is 6.49. The maximum absolute atomic E-state index is 12.7. The van der Waals surface area contributed by atoms with Gasteiger partial charge < -0.3 is 19.9 Å². The maximum Gasteiger partial charge on any atom is 0.249 e. The number of aromatic nitrogens is 3. The van der Waals surface area contributed by atoms with E-state index in [1.54, 1.807) is 13.2 Å². The van der Waals surface area contributed by atoms with Crippen LogP contribution in [0.2, 0.25) is 0 Å². The number of carbonyl (C=O) groups is 2. The zero-order valence-corrected chi connectivity index (χ0v) is 24.1. The van der Waals surface area contributed by atoms with Crippen LogP contribution < -0.4 is 5.73 Å². The number of ether oxygens (including phenoxy) is 1. The third-order valence-electron chi connectivity index (χ3n) is 8.32. The molecule has 2 atom stereocenters. The van der Waals surface area contributed by atoms with E-state index in [9.17, 15) is 9.59 Å². The molecule has 0 radical (unpaired) electrons. The SMILES string of the molecule is C=CC(=O)N1CCCCC(n2c(-c3c(C(N)=O)cc(C)nc3C)nc3cc(CN4CCC(OC)C4)cc(C)c32)C1. The molecule has 2 aliphatic rings. The smallest absolute Gasteiger partial charge is 0.249 e. The second-order valence-electron chi connectivity index (χ2n) is 11.2. The van der Waals surface area contributed by atoms with Gasteiger partial charge in [-0.3, -0.25) is 19.5 Å². The number of methoxy groups -OCH3 is 1. The average molecular weight is 545 g/mol. The minimum absolute atomic E-state index is 0.0292. The second kappa shape index (κ2) is 11.5. The third kappa shape index (κ3) is 5.40. The lowest BCUT2D eigenvalue weighted by molar-refractivity contribution is -0.126. The fraction of sp³-hybridized carbons (Fsp3) is 0.484. The van der Waals surface area contributed by atoms with Crippen molar-refractivity contribution in [3.63, 3.8) is 0 Å². The predicted octanol–water partition coefficient (Wildman–Crippen LogP) is 4.08. The lowest BCUT2D eigenvalue weighted by atomic mass is 10.0. The third-order valence-corrected chi connectivity index (χ3v) is 8.32. The maximum atomic E-state index is 12.7. The number of amides is 2. The topological polar surface area (TPSA) is 107 Å². The molecule has 2 fully saturated rings. The van der Waals surface area contributed by atoms with E-state index < -0.39 is 5.91 Å². The molecule has 5 rings (SSSR count). The average Bonchev–Trinajstić information content (AvgIpc) is 3.44. The van der Waals surface area contributed by atoms with E-state index in [0.29, 0.717) is 35.7 Å². The monoisotopic (exact) mass is 544 g/mol. The molecule has 2 unspecified atom stereocenters. The highest BCUT2D eigenvalue weighted by molar-refractivity contribution is 6.00. The van der Waals surface area contributed by atoms with Gasteiger partial charge in [0.15, 0.2) is 0 Å². The van der Waals surface area contributed by atoms with Crippen LogP contribution in [0.4, 0.5) is 0 Å². The Hall–Kier alpha value is -3.56. The van der Waals surface area contributed by atoms with E-state index >= 15 is 0 Å². The summed E-state index contributed by atoms with van der Waals surface area (Å²) in [5.74, 6) is 0.0983. The summed E-state index contributed by atoms with van der Waals surface area (Å²) < 4.78 is 7.81. The number of nitrogens with zero attached hydrogens (tertiary/aromatic N) is 5. The highest BCUT2D eigenvalue weighted by atomic mass is 16.5. The van der Waals surface area contributed by atoms with Gasteiger partial charge in [0.05, 0.1) is 34.3 Å². The summed E-state index contributed by atoms with van der Waals surface area (Å²) >= 11 is 0. The molecule has 2 aliphatic heterocycles. The van der Waals surface area contributed by atoms with Crippen LogP contribution in [0.3, 0.4) is 0 Å². The van der Waals surface area contributed by atoms with Crippen LogP contribution in [-0.2, 0) is 16.1 Å². The molecule has 2 saturated heterocycles. The number of fused-ring (bicyclic) bond motifs is 1. The quantitative estimate of drug-likeness (QED) is 0.449. The van der Waals surface area contributed by atoms with E-state index in [1.807, 2.05) is 18.7 Å². The molecule has 0 aliphatic carbocycles. The number of hydrogen-bond acceptors (Lipinski definition) is 6. The van der Waals surface area contributed by atoms with E-state index in [2.05, 4.69) is 35.1 Å². The van der Waals surface area contributed by atoms with E-state index in [1.165, 1.54) is 11.6 Å². The Kier molecular flexibility index (Phi) is 8.05. The van der Waals surface area contributed by atoms with Crippen molar-refractivity contribution in [2.45, 2.75) is 65.1 Å². The molecule has 0 spiro atoms. The Balaban J connectivity index is 1.69. The predicted molar refractivity (Wildman–Crippen MR) is 156 cm³/mol. The lowest BCUT2D eigenvalue weighted by Gasteiger charge is -2.27. The summed E-state index contributed by atoms with van der Waals surface area (Å²) in [6.07, 6.45) is 5.49. The van der Waals surface area contributed by atoms with Crippen molar-refractivity contribution in [1.82, 2.24) is 24.3 Å². The normalized spacial score (nSPS) is 20.1. The highest BCUT2D eigenvalue weighted by Crippen LogP contribution is 2.37. The van der Waals surface area contributed by atoms with Gasteiger partial charge in [0.2, 0.25) is 11.8 Å². The van der Waals surface area contributed by atoms with Gasteiger partial charge in [-0.2, -0.15) is 0 Å². The summed E-state index contributed by atoms with van der Waals surface area (Å²) in [5, 5.41) is 0. The standard InChI is InChI=1S/C31H40N6O3/c1-6-27(38)36-11-8-7-9-23(17-36)37-29-19(2)13-22(16-35-12-10-24(18-35)40-5)15-26(29)34-31(37)28-21(4)33-20(3)14-25(28)30(32)39/h6,13-15,23-24H,1,7-12,16-18H2,2-5H3,(H2,32,39). The molecule has 4 heterocycles. The van der Waals surface area contributed by atoms with Gasteiger partial charge >= 0.3 is 0 Å². The molecule has 3 aromatic rings. The summed E-state index contributed by atoms with van der Waals surface area (Å²) in [4.78, 5) is 39.6. The molecule has 212 valence electrons. The first-order chi connectivity index (χ1) is 19.2. The first-order valence-electron chi connectivity index (χ1n) is 14.2. The fourth-order valence-corrected chi connectivity index (χ4v) is 6.49. The molecule has 2 aromatic heterocycles. The summed E-state index contributed by atoms with van der Waals surface area (Å²) in [6.45, 7) is 13.6. The molecular formula is C31H40N6O3. The molecule has 2 amide bonds. The zero-order chi connectivity index (χ0) is 28.6. The molecule has 0 bridgehead atoms. The number of imidazole rings is 1. The summed E-state index contributed by atoms with van der Waals surface area (Å²) in [6, 6.07) is 6.11. The van der Waals surface area contributed by atoms with E-state index in [-0.39, 0.29) is 18.1 Å². The van der Waals surface area contributed by atoms with Gasteiger partial charge in [-0.1, -0.05) is 12.6 Å². The van der Waals surface area contributed by atoms with Crippen LogP contribution in [0.25, 0.3) is 22.4 Å². The Labute approximate surface area is 236 Å². The summed E-state index contributed by atoms with van der Waals surface area (Å²) in [7, 11) is 1.78. The second-order valence-corrected chi connectivity index (χ2v) is 11.2. The summed E-state index contributed by atoms with van der Waals surface area (Å²) in [5.41, 5.74) is 12.6. The Morgan fingerprint density at radius 1 is 1.10 bits per heavy atom. The highest BCUT2D eigenvalue weighted by Gasteiger charge is 2.30.